The number of benzene rings is 1. The normalized spacial score (nSPS) is 20.1. The third-order valence-electron chi connectivity index (χ3n) is 2.93. The molecule has 1 amide bonds. The molecule has 0 aliphatic carbocycles. The van der Waals surface area contributed by atoms with Gasteiger partial charge in [0.2, 0.25) is 5.91 Å². The topological polar surface area (TPSA) is 40.5 Å². The summed E-state index contributed by atoms with van der Waals surface area (Å²) in [5.74, 6) is -0.344. The Balaban J connectivity index is 2.37. The summed E-state index contributed by atoms with van der Waals surface area (Å²) in [5.41, 5.74) is 0.678. The van der Waals surface area contributed by atoms with Gasteiger partial charge >= 0.3 is 0 Å². The van der Waals surface area contributed by atoms with Gasteiger partial charge < -0.3 is 10.0 Å². The number of nitrogens with zero attached hydrogens (tertiary/aromatic N) is 1. The molecule has 1 fully saturated rings. The lowest BCUT2D eigenvalue weighted by molar-refractivity contribution is -0.117. The number of alkyl halides is 1. The maximum Gasteiger partial charge on any atom is 0.227 e. The van der Waals surface area contributed by atoms with Crippen molar-refractivity contribution < 1.29 is 14.3 Å². The predicted octanol–water partition coefficient (Wildman–Crippen LogP) is 2.07. The number of carbonyl (C=O) groups is 1. The number of rotatable bonds is 3. The Morgan fingerprint density at radius 2 is 2.29 bits per heavy atom. The van der Waals surface area contributed by atoms with Crippen molar-refractivity contribution in [3.8, 4) is 0 Å². The van der Waals surface area contributed by atoms with E-state index in [2.05, 4.69) is 15.9 Å². The molecule has 0 radical (unpaired) electrons. The zero-order valence-corrected chi connectivity index (χ0v) is 10.8. The van der Waals surface area contributed by atoms with Crippen LogP contribution in [0.1, 0.15) is 12.0 Å². The molecule has 1 heterocycles. The van der Waals surface area contributed by atoms with Crippen LogP contribution in [0.25, 0.3) is 0 Å². The SMILES string of the molecule is O=C1CC(CBr)CN1c1c(F)cccc1CO. The molecule has 0 aromatic heterocycles. The molecule has 0 spiro atoms. The number of hydrogen-bond donors (Lipinski definition) is 1. The Labute approximate surface area is 107 Å². The van der Waals surface area contributed by atoms with Gasteiger partial charge in [-0.3, -0.25) is 4.79 Å². The molecule has 0 saturated carbocycles. The molecule has 1 atom stereocenters. The van der Waals surface area contributed by atoms with Crippen LogP contribution in [0.2, 0.25) is 0 Å². The number of amides is 1. The summed E-state index contributed by atoms with van der Waals surface area (Å²) in [7, 11) is 0. The van der Waals surface area contributed by atoms with Gasteiger partial charge in [0.05, 0.1) is 12.3 Å². The summed E-state index contributed by atoms with van der Waals surface area (Å²) in [4.78, 5) is 13.3. The lowest BCUT2D eigenvalue weighted by Crippen LogP contribution is -2.27. The standard InChI is InChI=1S/C12H13BrFNO2/c13-5-8-4-11(17)15(6-8)12-9(7-16)2-1-3-10(12)14/h1-3,8,16H,4-7H2. The highest BCUT2D eigenvalue weighted by Crippen LogP contribution is 2.31. The molecule has 17 heavy (non-hydrogen) atoms. The van der Waals surface area contributed by atoms with Gasteiger partial charge in [-0.25, -0.2) is 4.39 Å². The molecule has 92 valence electrons. The molecular weight excluding hydrogens is 289 g/mol. The van der Waals surface area contributed by atoms with Gasteiger partial charge in [-0.2, -0.15) is 0 Å². The average Bonchev–Trinajstić information content (AvgIpc) is 2.70. The Kier molecular flexibility index (Phi) is 3.79. The van der Waals surface area contributed by atoms with Crippen molar-refractivity contribution in [3.05, 3.63) is 29.6 Å². The van der Waals surface area contributed by atoms with Gasteiger partial charge in [-0.15, -0.1) is 0 Å². The summed E-state index contributed by atoms with van der Waals surface area (Å²) in [6.07, 6.45) is 0.421. The minimum absolute atomic E-state index is 0.0887. The van der Waals surface area contributed by atoms with Crippen LogP contribution in [0.15, 0.2) is 18.2 Å². The molecule has 1 N–H and O–H groups in total. The number of hydrogen-bond acceptors (Lipinski definition) is 2. The Morgan fingerprint density at radius 3 is 2.88 bits per heavy atom. The highest BCUT2D eigenvalue weighted by molar-refractivity contribution is 9.09. The molecule has 1 unspecified atom stereocenters. The maximum absolute atomic E-state index is 13.8. The lowest BCUT2D eigenvalue weighted by Gasteiger charge is -2.20. The van der Waals surface area contributed by atoms with E-state index in [-0.39, 0.29) is 24.1 Å². The van der Waals surface area contributed by atoms with E-state index in [1.807, 2.05) is 0 Å². The van der Waals surface area contributed by atoms with E-state index in [1.54, 1.807) is 6.07 Å². The van der Waals surface area contributed by atoms with Crippen LogP contribution in [-0.4, -0.2) is 22.9 Å². The van der Waals surface area contributed by atoms with E-state index < -0.39 is 5.82 Å². The smallest absolute Gasteiger partial charge is 0.227 e. The zero-order valence-electron chi connectivity index (χ0n) is 9.20. The first-order valence-corrected chi connectivity index (χ1v) is 6.54. The first kappa shape index (κ1) is 12.5. The highest BCUT2D eigenvalue weighted by Gasteiger charge is 2.32. The third kappa shape index (κ3) is 2.35. The fraction of sp³-hybridized carbons (Fsp3) is 0.417. The van der Waals surface area contributed by atoms with Crippen molar-refractivity contribution in [1.29, 1.82) is 0 Å². The second-order valence-corrected chi connectivity index (χ2v) is 4.78. The van der Waals surface area contributed by atoms with Gasteiger partial charge in [-0.05, 0) is 12.0 Å². The van der Waals surface area contributed by atoms with Gasteiger partial charge in [0.25, 0.3) is 0 Å². The van der Waals surface area contributed by atoms with E-state index in [0.29, 0.717) is 18.5 Å². The van der Waals surface area contributed by atoms with Crippen LogP contribution < -0.4 is 4.90 Å². The summed E-state index contributed by atoms with van der Waals surface area (Å²) < 4.78 is 13.8. The van der Waals surface area contributed by atoms with E-state index in [4.69, 9.17) is 0 Å². The van der Waals surface area contributed by atoms with Crippen molar-refractivity contribution >= 4 is 27.5 Å². The van der Waals surface area contributed by atoms with E-state index in [0.717, 1.165) is 5.33 Å². The Morgan fingerprint density at radius 1 is 1.53 bits per heavy atom. The fourth-order valence-corrected chi connectivity index (χ4v) is 2.52. The van der Waals surface area contributed by atoms with Gasteiger partial charge in [0.1, 0.15) is 5.82 Å². The first-order valence-electron chi connectivity index (χ1n) is 5.42. The maximum atomic E-state index is 13.8. The number of carbonyl (C=O) groups excluding carboxylic acids is 1. The van der Waals surface area contributed by atoms with Crippen LogP contribution in [0.4, 0.5) is 10.1 Å². The van der Waals surface area contributed by atoms with Crippen LogP contribution in [0, 0.1) is 11.7 Å². The van der Waals surface area contributed by atoms with Crippen LogP contribution >= 0.6 is 15.9 Å². The number of para-hydroxylation sites is 1. The minimum Gasteiger partial charge on any atom is -0.392 e. The number of aliphatic hydroxyl groups excluding tert-OH is 1. The summed E-state index contributed by atoms with van der Waals surface area (Å²) in [6.45, 7) is 0.230. The minimum atomic E-state index is -0.458. The zero-order chi connectivity index (χ0) is 12.4. The quantitative estimate of drug-likeness (QED) is 0.868. The Hall–Kier alpha value is -0.940. The lowest BCUT2D eigenvalue weighted by atomic mass is 10.1. The second-order valence-electron chi connectivity index (χ2n) is 4.13. The van der Waals surface area contributed by atoms with Gasteiger partial charge in [0.15, 0.2) is 0 Å². The molecule has 2 rings (SSSR count). The van der Waals surface area contributed by atoms with Crippen molar-refractivity contribution in [2.45, 2.75) is 13.0 Å². The summed E-state index contributed by atoms with van der Waals surface area (Å²) in [5, 5.41) is 9.92. The van der Waals surface area contributed by atoms with Crippen molar-refractivity contribution in [2.75, 3.05) is 16.8 Å². The third-order valence-corrected chi connectivity index (χ3v) is 3.85. The average molecular weight is 302 g/mol. The molecule has 3 nitrogen and oxygen atoms in total. The molecule has 1 aliphatic heterocycles. The summed E-state index contributed by atoms with van der Waals surface area (Å²) >= 11 is 3.34. The molecule has 1 aromatic carbocycles. The van der Waals surface area contributed by atoms with E-state index in [9.17, 15) is 14.3 Å². The Bertz CT molecular complexity index is 439. The molecule has 0 bridgehead atoms. The first-order chi connectivity index (χ1) is 8.17. The van der Waals surface area contributed by atoms with Crippen molar-refractivity contribution in [3.63, 3.8) is 0 Å². The molecule has 5 heteroatoms. The fourth-order valence-electron chi connectivity index (χ4n) is 2.09. The van der Waals surface area contributed by atoms with Gasteiger partial charge in [0, 0.05) is 23.9 Å². The summed E-state index contributed by atoms with van der Waals surface area (Å²) in [6, 6.07) is 4.48. The monoisotopic (exact) mass is 301 g/mol. The van der Waals surface area contributed by atoms with E-state index >= 15 is 0 Å². The van der Waals surface area contributed by atoms with Crippen molar-refractivity contribution in [1.82, 2.24) is 0 Å². The number of halogens is 2. The van der Waals surface area contributed by atoms with Crippen LogP contribution in [-0.2, 0) is 11.4 Å². The van der Waals surface area contributed by atoms with Crippen LogP contribution in [0.3, 0.4) is 0 Å². The molecular formula is C12H13BrFNO2. The largest absolute Gasteiger partial charge is 0.392 e. The second kappa shape index (κ2) is 5.14. The highest BCUT2D eigenvalue weighted by atomic mass is 79.9. The number of anilines is 1. The molecule has 1 aromatic rings. The predicted molar refractivity (Wildman–Crippen MR) is 66.6 cm³/mol. The molecule has 1 saturated heterocycles. The van der Waals surface area contributed by atoms with Crippen LogP contribution in [0.5, 0.6) is 0 Å². The van der Waals surface area contributed by atoms with Crippen molar-refractivity contribution in [2.24, 2.45) is 5.92 Å². The van der Waals surface area contributed by atoms with E-state index in [1.165, 1.54) is 17.0 Å². The van der Waals surface area contributed by atoms with Gasteiger partial charge in [-0.1, -0.05) is 28.1 Å². The molecule has 1 aliphatic rings. The number of aliphatic hydroxyl groups is 1.